The Balaban J connectivity index is 1.66. The molecular formula is C25H35N3O4. The van der Waals surface area contributed by atoms with Crippen LogP contribution in [0.1, 0.15) is 63.3 Å². The average Bonchev–Trinajstić information content (AvgIpc) is 3.00. The lowest BCUT2D eigenvalue weighted by molar-refractivity contribution is -0.121. The van der Waals surface area contributed by atoms with E-state index in [1.54, 1.807) is 6.07 Å². The molecule has 0 bridgehead atoms. The largest absolute Gasteiger partial charge is 0.490 e. The summed E-state index contributed by atoms with van der Waals surface area (Å²) in [6.07, 6.45) is 6.19. The van der Waals surface area contributed by atoms with Crippen LogP contribution in [0.3, 0.4) is 0 Å². The van der Waals surface area contributed by atoms with Crippen molar-refractivity contribution in [2.75, 3.05) is 13.2 Å². The minimum atomic E-state index is -0.161. The van der Waals surface area contributed by atoms with Crippen molar-refractivity contribution in [1.29, 1.82) is 0 Å². The van der Waals surface area contributed by atoms with Crippen LogP contribution in [-0.2, 0) is 30.6 Å². The molecule has 3 rings (SSSR count). The molecule has 2 aromatic rings. The fourth-order valence-electron chi connectivity index (χ4n) is 4.06. The summed E-state index contributed by atoms with van der Waals surface area (Å²) in [6, 6.07) is 7.15. The first-order valence-electron chi connectivity index (χ1n) is 11.8. The number of aryl methyl sites for hydroxylation is 2. The van der Waals surface area contributed by atoms with Crippen molar-refractivity contribution in [3.05, 3.63) is 51.4 Å². The molecule has 174 valence electrons. The minimum absolute atomic E-state index is 0.0914. The van der Waals surface area contributed by atoms with Crippen molar-refractivity contribution < 1.29 is 14.3 Å². The molecule has 1 aliphatic rings. The van der Waals surface area contributed by atoms with E-state index in [0.29, 0.717) is 37.7 Å². The summed E-state index contributed by atoms with van der Waals surface area (Å²) >= 11 is 0. The van der Waals surface area contributed by atoms with Crippen LogP contribution in [0.2, 0.25) is 0 Å². The Bertz CT molecular complexity index is 970. The summed E-state index contributed by atoms with van der Waals surface area (Å²) in [7, 11) is 0. The van der Waals surface area contributed by atoms with Gasteiger partial charge in [-0.25, -0.2) is 4.68 Å². The maximum Gasteiger partial charge on any atom is 0.267 e. The van der Waals surface area contributed by atoms with Gasteiger partial charge < -0.3 is 14.8 Å². The highest BCUT2D eigenvalue weighted by molar-refractivity contribution is 5.79. The lowest BCUT2D eigenvalue weighted by Gasteiger charge is -2.19. The summed E-state index contributed by atoms with van der Waals surface area (Å²) in [6.45, 7) is 7.29. The number of fused-ring (bicyclic) bond motifs is 1. The highest BCUT2D eigenvalue weighted by Gasteiger charge is 2.17. The lowest BCUT2D eigenvalue weighted by Crippen LogP contribution is -2.41. The number of hydrogen-bond acceptors (Lipinski definition) is 5. The van der Waals surface area contributed by atoms with Crippen molar-refractivity contribution in [1.82, 2.24) is 15.1 Å². The number of carbonyl (C=O) groups is 1. The Hall–Kier alpha value is -2.83. The second-order valence-corrected chi connectivity index (χ2v) is 8.19. The normalized spacial score (nSPS) is 14.2. The van der Waals surface area contributed by atoms with Gasteiger partial charge in [0.2, 0.25) is 5.91 Å². The Morgan fingerprint density at radius 2 is 1.81 bits per heavy atom. The summed E-state index contributed by atoms with van der Waals surface area (Å²) in [5.41, 5.74) is 2.87. The fourth-order valence-corrected chi connectivity index (χ4v) is 4.06. The smallest absolute Gasteiger partial charge is 0.267 e. The maximum atomic E-state index is 12.7. The second kappa shape index (κ2) is 11.7. The van der Waals surface area contributed by atoms with Crippen LogP contribution in [0.5, 0.6) is 11.5 Å². The van der Waals surface area contributed by atoms with Gasteiger partial charge in [-0.2, -0.15) is 5.10 Å². The molecule has 0 saturated carbocycles. The van der Waals surface area contributed by atoms with Crippen molar-refractivity contribution in [3.8, 4) is 11.5 Å². The molecule has 0 spiro atoms. The first-order chi connectivity index (χ1) is 15.5. The van der Waals surface area contributed by atoms with Gasteiger partial charge >= 0.3 is 0 Å². The molecule has 1 aliphatic carbocycles. The zero-order chi connectivity index (χ0) is 22.9. The second-order valence-electron chi connectivity index (χ2n) is 8.19. The Morgan fingerprint density at radius 3 is 2.56 bits per heavy atom. The zero-order valence-electron chi connectivity index (χ0n) is 19.5. The van der Waals surface area contributed by atoms with E-state index in [1.807, 2.05) is 39.0 Å². The third-order valence-corrected chi connectivity index (χ3v) is 5.75. The Kier molecular flexibility index (Phi) is 8.71. The Labute approximate surface area is 190 Å². The number of hydrogen-bond donors (Lipinski definition) is 1. The molecule has 1 aromatic heterocycles. The van der Waals surface area contributed by atoms with E-state index < -0.39 is 0 Å². The Morgan fingerprint density at radius 1 is 1.06 bits per heavy atom. The molecule has 1 atom stereocenters. The third-order valence-electron chi connectivity index (χ3n) is 5.75. The number of nitrogens with one attached hydrogen (secondary N) is 1. The van der Waals surface area contributed by atoms with Gasteiger partial charge in [0.1, 0.15) is 0 Å². The molecule has 0 aliphatic heterocycles. The van der Waals surface area contributed by atoms with Gasteiger partial charge in [0.15, 0.2) is 11.5 Å². The molecular weight excluding hydrogens is 406 g/mol. The monoisotopic (exact) mass is 441 g/mol. The lowest BCUT2D eigenvalue weighted by atomic mass is 10.1. The molecule has 0 radical (unpaired) electrons. The van der Waals surface area contributed by atoms with Crippen LogP contribution in [0, 0.1) is 0 Å². The molecule has 0 saturated heterocycles. The molecule has 32 heavy (non-hydrogen) atoms. The predicted octanol–water partition coefficient (Wildman–Crippen LogP) is 3.45. The number of aromatic nitrogens is 2. The molecule has 0 fully saturated rings. The van der Waals surface area contributed by atoms with Crippen LogP contribution in [0.4, 0.5) is 0 Å². The first-order valence-corrected chi connectivity index (χ1v) is 11.8. The van der Waals surface area contributed by atoms with Crippen LogP contribution in [-0.4, -0.2) is 34.9 Å². The van der Waals surface area contributed by atoms with E-state index in [2.05, 4.69) is 10.4 Å². The topological polar surface area (TPSA) is 82.5 Å². The van der Waals surface area contributed by atoms with Crippen molar-refractivity contribution in [2.24, 2.45) is 0 Å². The van der Waals surface area contributed by atoms with E-state index in [1.165, 1.54) is 11.1 Å². The van der Waals surface area contributed by atoms with Gasteiger partial charge in [-0.15, -0.1) is 0 Å². The highest BCUT2D eigenvalue weighted by atomic mass is 16.5. The molecule has 1 amide bonds. The first kappa shape index (κ1) is 23.8. The van der Waals surface area contributed by atoms with Crippen molar-refractivity contribution >= 4 is 5.91 Å². The molecule has 0 unspecified atom stereocenters. The van der Waals surface area contributed by atoms with Gasteiger partial charge in [-0.1, -0.05) is 19.4 Å². The van der Waals surface area contributed by atoms with E-state index in [9.17, 15) is 9.59 Å². The highest BCUT2D eigenvalue weighted by Crippen LogP contribution is 2.28. The van der Waals surface area contributed by atoms with Crippen LogP contribution < -0.4 is 20.3 Å². The van der Waals surface area contributed by atoms with Crippen LogP contribution >= 0.6 is 0 Å². The summed E-state index contributed by atoms with van der Waals surface area (Å²) in [5, 5.41) is 7.70. The van der Waals surface area contributed by atoms with Gasteiger partial charge in [0.05, 0.1) is 31.9 Å². The zero-order valence-corrected chi connectivity index (χ0v) is 19.5. The minimum Gasteiger partial charge on any atom is -0.490 e. The van der Waals surface area contributed by atoms with Crippen molar-refractivity contribution in [2.45, 2.75) is 78.3 Å². The van der Waals surface area contributed by atoms with E-state index in [4.69, 9.17) is 9.47 Å². The molecule has 7 heteroatoms. The number of ether oxygens (including phenoxy) is 2. The SMILES string of the molecule is CCOc1ccc(CC(=O)N[C@@H](CC)Cn2nc3c(cc2=O)CCCCC3)cc1OCC. The summed E-state index contributed by atoms with van der Waals surface area (Å²) in [5.74, 6) is 1.23. The van der Waals surface area contributed by atoms with Crippen LogP contribution in [0.25, 0.3) is 0 Å². The number of benzene rings is 1. The summed E-state index contributed by atoms with van der Waals surface area (Å²) < 4.78 is 12.8. The maximum absolute atomic E-state index is 12.7. The number of nitrogens with zero attached hydrogens (tertiary/aromatic N) is 2. The number of amides is 1. The third kappa shape index (κ3) is 6.34. The van der Waals surface area contributed by atoms with Gasteiger partial charge in [-0.3, -0.25) is 9.59 Å². The van der Waals surface area contributed by atoms with E-state index >= 15 is 0 Å². The number of rotatable bonds is 10. The molecule has 1 heterocycles. The van der Waals surface area contributed by atoms with Crippen LogP contribution in [0.15, 0.2) is 29.1 Å². The van der Waals surface area contributed by atoms with Crippen molar-refractivity contribution in [3.63, 3.8) is 0 Å². The molecule has 1 aromatic carbocycles. The predicted molar refractivity (Wildman–Crippen MR) is 124 cm³/mol. The average molecular weight is 442 g/mol. The van der Waals surface area contributed by atoms with Gasteiger partial charge in [-0.05, 0) is 69.2 Å². The molecule has 7 nitrogen and oxygen atoms in total. The van der Waals surface area contributed by atoms with E-state index in [-0.39, 0.29) is 23.9 Å². The van der Waals surface area contributed by atoms with Gasteiger partial charge in [0.25, 0.3) is 5.56 Å². The summed E-state index contributed by atoms with van der Waals surface area (Å²) in [4.78, 5) is 25.3. The quantitative estimate of drug-likeness (QED) is 0.571. The fraction of sp³-hybridized carbons (Fsp3) is 0.560. The standard InChI is InChI=1S/C25H35N3O4/c1-4-20(17-28-25(30)16-19-10-8-7-9-11-21(19)27-28)26-24(29)15-18-12-13-22(31-5-2)23(14-18)32-6-3/h12-14,16,20H,4-11,15,17H2,1-3H3,(H,26,29)/t20-/m0/s1. The number of carbonyl (C=O) groups excluding carboxylic acids is 1. The van der Waals surface area contributed by atoms with E-state index in [0.717, 1.165) is 42.5 Å². The van der Waals surface area contributed by atoms with Gasteiger partial charge in [0, 0.05) is 12.1 Å². The molecule has 1 N–H and O–H groups in total.